The molecule has 3 rings (SSSR count). The van der Waals surface area contributed by atoms with Crippen LogP contribution in [0.15, 0.2) is 18.2 Å². The molecule has 0 spiro atoms. The Hall–Kier alpha value is -2.10. The highest BCUT2D eigenvalue weighted by Gasteiger charge is 2.20. The van der Waals surface area contributed by atoms with E-state index >= 15 is 0 Å². The van der Waals surface area contributed by atoms with Crippen LogP contribution < -0.4 is 10.1 Å². The van der Waals surface area contributed by atoms with Crippen molar-refractivity contribution in [3.8, 4) is 17.0 Å². The third-order valence-electron chi connectivity index (χ3n) is 3.57. The summed E-state index contributed by atoms with van der Waals surface area (Å²) < 4.78 is 5.80. The molecule has 0 bridgehead atoms. The Balaban J connectivity index is 2.18. The summed E-state index contributed by atoms with van der Waals surface area (Å²) in [6.45, 7) is 7.66. The third kappa shape index (κ3) is 2.11. The lowest BCUT2D eigenvalue weighted by Gasteiger charge is -2.14. The van der Waals surface area contributed by atoms with Crippen LogP contribution in [0.25, 0.3) is 11.3 Å². The van der Waals surface area contributed by atoms with Crippen LogP contribution in [0.5, 0.6) is 5.75 Å². The molecule has 0 radical (unpaired) electrons. The first-order chi connectivity index (χ1) is 9.70. The zero-order valence-electron chi connectivity index (χ0n) is 12.2. The van der Waals surface area contributed by atoms with Crippen molar-refractivity contribution in [1.82, 2.24) is 9.97 Å². The van der Waals surface area contributed by atoms with Crippen LogP contribution in [0.1, 0.15) is 23.9 Å². The van der Waals surface area contributed by atoms with E-state index in [4.69, 9.17) is 4.74 Å². The number of para-hydroxylation sites is 1. The lowest BCUT2D eigenvalue weighted by molar-refractivity contribution is 0.358. The van der Waals surface area contributed by atoms with Crippen LogP contribution in [0.3, 0.4) is 0 Å². The van der Waals surface area contributed by atoms with Crippen molar-refractivity contribution < 1.29 is 4.74 Å². The summed E-state index contributed by atoms with van der Waals surface area (Å²) >= 11 is 0. The maximum absolute atomic E-state index is 5.80. The average molecular weight is 269 g/mol. The van der Waals surface area contributed by atoms with Gasteiger partial charge in [0, 0.05) is 24.1 Å². The molecule has 104 valence electrons. The zero-order chi connectivity index (χ0) is 14.1. The molecule has 1 aromatic carbocycles. The lowest BCUT2D eigenvalue weighted by Crippen LogP contribution is -2.06. The molecule has 2 heterocycles. The summed E-state index contributed by atoms with van der Waals surface area (Å²) in [5.74, 6) is 2.67. The normalized spacial score (nSPS) is 12.9. The number of benzene rings is 1. The van der Waals surface area contributed by atoms with Gasteiger partial charge in [0.05, 0.1) is 12.3 Å². The Morgan fingerprint density at radius 3 is 2.90 bits per heavy atom. The fourth-order valence-corrected chi connectivity index (χ4v) is 2.63. The SMILES string of the molecule is CCNc1nc(C)nc(-c2cccc3c2OCC3)c1C. The minimum absolute atomic E-state index is 0.759. The molecular weight excluding hydrogens is 250 g/mol. The molecule has 0 amide bonds. The number of ether oxygens (including phenoxy) is 1. The van der Waals surface area contributed by atoms with Gasteiger partial charge in [-0.2, -0.15) is 0 Å². The van der Waals surface area contributed by atoms with Gasteiger partial charge in [-0.3, -0.25) is 0 Å². The molecule has 1 aliphatic heterocycles. The predicted molar refractivity (Wildman–Crippen MR) is 80.3 cm³/mol. The third-order valence-corrected chi connectivity index (χ3v) is 3.57. The number of fused-ring (bicyclic) bond motifs is 1. The van der Waals surface area contributed by atoms with Crippen molar-refractivity contribution >= 4 is 5.82 Å². The summed E-state index contributed by atoms with van der Waals surface area (Å²) in [5, 5.41) is 3.30. The van der Waals surface area contributed by atoms with Crippen molar-refractivity contribution in [2.24, 2.45) is 0 Å². The maximum Gasteiger partial charge on any atom is 0.133 e. The Kier molecular flexibility index (Phi) is 3.30. The van der Waals surface area contributed by atoms with Crippen molar-refractivity contribution in [3.05, 3.63) is 35.2 Å². The Labute approximate surface area is 119 Å². The zero-order valence-corrected chi connectivity index (χ0v) is 12.2. The molecular formula is C16H19N3O. The summed E-state index contributed by atoms with van der Waals surface area (Å²) in [4.78, 5) is 9.11. The first kappa shape index (κ1) is 12.9. The van der Waals surface area contributed by atoms with E-state index in [0.717, 1.165) is 53.8 Å². The summed E-state index contributed by atoms with van der Waals surface area (Å²) in [6.07, 6.45) is 0.979. The van der Waals surface area contributed by atoms with Crippen LogP contribution in [0.4, 0.5) is 5.82 Å². The number of aromatic nitrogens is 2. The van der Waals surface area contributed by atoms with E-state index in [1.165, 1.54) is 5.56 Å². The molecule has 4 nitrogen and oxygen atoms in total. The second-order valence-electron chi connectivity index (χ2n) is 5.02. The Morgan fingerprint density at radius 2 is 2.10 bits per heavy atom. The summed E-state index contributed by atoms with van der Waals surface area (Å²) in [6, 6.07) is 6.28. The van der Waals surface area contributed by atoms with Gasteiger partial charge in [0.1, 0.15) is 17.4 Å². The number of rotatable bonds is 3. The lowest BCUT2D eigenvalue weighted by atomic mass is 10.0. The van der Waals surface area contributed by atoms with E-state index in [1.54, 1.807) is 0 Å². The van der Waals surface area contributed by atoms with E-state index in [2.05, 4.69) is 47.3 Å². The van der Waals surface area contributed by atoms with Crippen LogP contribution >= 0.6 is 0 Å². The van der Waals surface area contributed by atoms with Gasteiger partial charge in [-0.25, -0.2) is 9.97 Å². The van der Waals surface area contributed by atoms with Gasteiger partial charge in [-0.15, -0.1) is 0 Å². The van der Waals surface area contributed by atoms with Gasteiger partial charge in [0.25, 0.3) is 0 Å². The largest absolute Gasteiger partial charge is 0.492 e. The van der Waals surface area contributed by atoms with Crippen molar-refractivity contribution in [3.63, 3.8) is 0 Å². The minimum atomic E-state index is 0.759. The molecule has 20 heavy (non-hydrogen) atoms. The van der Waals surface area contributed by atoms with E-state index in [-0.39, 0.29) is 0 Å². The van der Waals surface area contributed by atoms with E-state index in [1.807, 2.05) is 6.92 Å². The number of hydrogen-bond donors (Lipinski definition) is 1. The molecule has 4 heteroatoms. The molecule has 1 aromatic heterocycles. The first-order valence-electron chi connectivity index (χ1n) is 7.05. The highest BCUT2D eigenvalue weighted by molar-refractivity contribution is 5.75. The fourth-order valence-electron chi connectivity index (χ4n) is 2.63. The summed E-state index contributed by atoms with van der Waals surface area (Å²) in [7, 11) is 0. The molecule has 0 saturated carbocycles. The fraction of sp³-hybridized carbons (Fsp3) is 0.375. The Bertz CT molecular complexity index is 652. The second kappa shape index (κ2) is 5.12. The standard InChI is InChI=1S/C16H19N3O/c1-4-17-16-10(2)14(18-11(3)19-16)13-7-5-6-12-8-9-20-15(12)13/h5-7H,4,8-9H2,1-3H3,(H,17,18,19). The number of hydrogen-bond acceptors (Lipinski definition) is 4. The maximum atomic E-state index is 5.80. The van der Waals surface area contributed by atoms with Crippen LogP contribution in [0.2, 0.25) is 0 Å². The van der Waals surface area contributed by atoms with Gasteiger partial charge >= 0.3 is 0 Å². The highest BCUT2D eigenvalue weighted by atomic mass is 16.5. The van der Waals surface area contributed by atoms with Crippen molar-refractivity contribution in [2.75, 3.05) is 18.5 Å². The van der Waals surface area contributed by atoms with Gasteiger partial charge in [0.15, 0.2) is 0 Å². The van der Waals surface area contributed by atoms with Gasteiger partial charge in [-0.1, -0.05) is 12.1 Å². The predicted octanol–water partition coefficient (Wildman–Crippen LogP) is 3.13. The van der Waals surface area contributed by atoms with E-state index < -0.39 is 0 Å². The summed E-state index contributed by atoms with van der Waals surface area (Å²) in [5.41, 5.74) is 4.37. The van der Waals surface area contributed by atoms with Crippen LogP contribution in [0, 0.1) is 13.8 Å². The smallest absolute Gasteiger partial charge is 0.133 e. The second-order valence-corrected chi connectivity index (χ2v) is 5.02. The molecule has 1 aliphatic rings. The van der Waals surface area contributed by atoms with Crippen LogP contribution in [-0.4, -0.2) is 23.1 Å². The quantitative estimate of drug-likeness (QED) is 0.930. The highest BCUT2D eigenvalue weighted by Crippen LogP contribution is 2.38. The molecule has 2 aromatic rings. The molecule has 0 fully saturated rings. The minimum Gasteiger partial charge on any atom is -0.492 e. The molecule has 0 aliphatic carbocycles. The molecule has 0 saturated heterocycles. The molecule has 1 N–H and O–H groups in total. The number of nitrogens with zero attached hydrogens (tertiary/aromatic N) is 2. The number of nitrogens with one attached hydrogen (secondary N) is 1. The van der Waals surface area contributed by atoms with Gasteiger partial charge < -0.3 is 10.1 Å². The molecule has 0 atom stereocenters. The van der Waals surface area contributed by atoms with Crippen molar-refractivity contribution in [2.45, 2.75) is 27.2 Å². The number of aryl methyl sites for hydroxylation is 1. The Morgan fingerprint density at radius 1 is 1.25 bits per heavy atom. The van der Waals surface area contributed by atoms with Crippen LogP contribution in [-0.2, 0) is 6.42 Å². The molecule has 0 unspecified atom stereocenters. The van der Waals surface area contributed by atoms with Crippen molar-refractivity contribution in [1.29, 1.82) is 0 Å². The monoisotopic (exact) mass is 269 g/mol. The van der Waals surface area contributed by atoms with E-state index in [0.29, 0.717) is 0 Å². The van der Waals surface area contributed by atoms with Gasteiger partial charge in [-0.05, 0) is 32.4 Å². The van der Waals surface area contributed by atoms with Gasteiger partial charge in [0.2, 0.25) is 0 Å². The van der Waals surface area contributed by atoms with E-state index in [9.17, 15) is 0 Å². The number of anilines is 1. The first-order valence-corrected chi connectivity index (χ1v) is 7.05. The average Bonchev–Trinajstić information content (AvgIpc) is 2.91. The topological polar surface area (TPSA) is 47.0 Å².